The molecule has 6 N–H and O–H groups in total. The number of H-pyrrole nitrogens is 2. The molecule has 0 bridgehead atoms. The summed E-state index contributed by atoms with van der Waals surface area (Å²) >= 11 is 11.9. The SMILES string of the molecule is CNC(=O)C1(c2ccc(Cl)cc2)CCC1.COS(=O)(=O)C(F)(F)F.Cn1c(-c2ccc3[nH]ccc3c2)nnc1C1(c2ccc(Cl)cc2)CCC1.NNC(=O)c1ccc2[nH]ccc2c1. The van der Waals surface area contributed by atoms with Crippen LogP contribution in [0.3, 0.4) is 0 Å². The molecule has 2 fully saturated rings. The number of nitrogen functional groups attached to an aromatic ring is 1. The molecule has 0 atom stereocenters. The van der Waals surface area contributed by atoms with Crippen LogP contribution in [0, 0.1) is 0 Å². The Kier molecular flexibility index (Phi) is 14.4. The first kappa shape index (κ1) is 46.8. The molecule has 2 aliphatic carbocycles. The molecule has 2 saturated carbocycles. The molecule has 4 aromatic carbocycles. The minimum Gasteiger partial charge on any atom is -0.361 e. The number of nitrogens with zero attached hydrogens (tertiary/aromatic N) is 3. The van der Waals surface area contributed by atoms with Crippen molar-refractivity contribution in [1.29, 1.82) is 0 Å². The van der Waals surface area contributed by atoms with Crippen molar-refractivity contribution in [3.8, 4) is 11.4 Å². The number of hydrogen-bond acceptors (Lipinski definition) is 8. The predicted molar refractivity (Wildman–Crippen MR) is 237 cm³/mol. The zero-order chi connectivity index (χ0) is 45.6. The van der Waals surface area contributed by atoms with Gasteiger partial charge in [-0.3, -0.25) is 19.2 Å². The minimum absolute atomic E-state index is 0.0528. The highest BCUT2D eigenvalue weighted by atomic mass is 35.5. The summed E-state index contributed by atoms with van der Waals surface area (Å²) < 4.78 is 58.0. The smallest absolute Gasteiger partial charge is 0.361 e. The molecule has 2 amide bonds. The second-order valence-corrected chi connectivity index (χ2v) is 17.5. The quantitative estimate of drug-likeness (QED) is 0.0345. The lowest BCUT2D eigenvalue weighted by molar-refractivity contribution is -0.129. The zero-order valence-corrected chi connectivity index (χ0v) is 36.7. The number of halogens is 5. The highest BCUT2D eigenvalue weighted by Crippen LogP contribution is 2.49. The van der Waals surface area contributed by atoms with E-state index in [4.69, 9.17) is 29.0 Å². The van der Waals surface area contributed by atoms with E-state index < -0.39 is 15.6 Å². The van der Waals surface area contributed by atoms with Crippen molar-refractivity contribution in [2.45, 2.75) is 54.9 Å². The van der Waals surface area contributed by atoms with Crippen molar-refractivity contribution in [3.63, 3.8) is 0 Å². The van der Waals surface area contributed by atoms with Gasteiger partial charge in [0.1, 0.15) is 5.82 Å². The molecule has 0 unspecified atom stereocenters. The van der Waals surface area contributed by atoms with Crippen LogP contribution in [0.1, 0.15) is 65.8 Å². The Hall–Kier alpha value is -5.72. The number of rotatable bonds is 7. The van der Waals surface area contributed by atoms with Gasteiger partial charge >= 0.3 is 15.6 Å². The molecule has 13 nitrogen and oxygen atoms in total. The van der Waals surface area contributed by atoms with Crippen LogP contribution in [0.2, 0.25) is 10.0 Å². The Morgan fingerprint density at radius 2 is 1.33 bits per heavy atom. The van der Waals surface area contributed by atoms with Crippen LogP contribution >= 0.6 is 23.2 Å². The van der Waals surface area contributed by atoms with Gasteiger partial charge in [0.2, 0.25) is 5.91 Å². The van der Waals surface area contributed by atoms with Gasteiger partial charge in [-0.1, -0.05) is 60.3 Å². The first-order valence-corrected chi connectivity index (χ1v) is 21.8. The van der Waals surface area contributed by atoms with Gasteiger partial charge in [0.15, 0.2) is 5.82 Å². The second kappa shape index (κ2) is 19.3. The van der Waals surface area contributed by atoms with Crippen molar-refractivity contribution in [1.82, 2.24) is 35.5 Å². The van der Waals surface area contributed by atoms with Crippen molar-refractivity contribution >= 4 is 66.9 Å². The van der Waals surface area contributed by atoms with Gasteiger partial charge in [-0.05, 0) is 110 Å². The molecule has 0 radical (unpaired) electrons. The molecular weight excluding hydrogens is 881 g/mol. The van der Waals surface area contributed by atoms with Gasteiger partial charge in [-0.15, -0.1) is 10.2 Å². The molecule has 2 aliphatic rings. The maximum Gasteiger partial charge on any atom is 0.523 e. The number of carbonyl (C=O) groups excluding carboxylic acids is 2. The van der Waals surface area contributed by atoms with Crippen LogP contribution in [-0.2, 0) is 37.0 Å². The van der Waals surface area contributed by atoms with Gasteiger partial charge in [-0.25, -0.2) is 5.84 Å². The number of aromatic amines is 2. The van der Waals surface area contributed by atoms with E-state index in [0.717, 1.165) is 76.3 Å². The molecule has 7 aromatic rings. The van der Waals surface area contributed by atoms with Crippen LogP contribution in [0.15, 0.2) is 109 Å². The van der Waals surface area contributed by atoms with Crippen LogP contribution in [0.5, 0.6) is 0 Å². The van der Waals surface area contributed by atoms with E-state index in [2.05, 4.69) is 83.1 Å². The lowest BCUT2D eigenvalue weighted by atomic mass is 9.64. The van der Waals surface area contributed by atoms with E-state index in [0.29, 0.717) is 17.7 Å². The summed E-state index contributed by atoms with van der Waals surface area (Å²) in [4.78, 5) is 29.3. The lowest BCUT2D eigenvalue weighted by Gasteiger charge is -2.41. The average Bonchev–Trinajstić information content (AvgIpc) is 4.01. The lowest BCUT2D eigenvalue weighted by Crippen LogP contribution is -2.48. The number of benzene rings is 4. The molecule has 0 spiro atoms. The monoisotopic (exact) mass is 924 g/mol. The molecule has 9 rings (SSSR count). The summed E-state index contributed by atoms with van der Waals surface area (Å²) in [6, 6.07) is 31.5. The third kappa shape index (κ3) is 9.92. The van der Waals surface area contributed by atoms with Crippen LogP contribution in [0.25, 0.3) is 33.2 Å². The number of carbonyl (C=O) groups is 2. The number of hydrazine groups is 1. The Morgan fingerprint density at radius 1 is 0.794 bits per heavy atom. The van der Waals surface area contributed by atoms with Crippen molar-refractivity contribution in [2.75, 3.05) is 14.2 Å². The number of fused-ring (bicyclic) bond motifs is 2. The van der Waals surface area contributed by atoms with Crippen molar-refractivity contribution < 1.29 is 35.4 Å². The number of amides is 2. The van der Waals surface area contributed by atoms with E-state index in [1.165, 1.54) is 17.4 Å². The number of hydrogen-bond donors (Lipinski definition) is 5. The third-order valence-electron chi connectivity index (χ3n) is 11.4. The van der Waals surface area contributed by atoms with Crippen LogP contribution in [-0.4, -0.2) is 64.6 Å². The summed E-state index contributed by atoms with van der Waals surface area (Å²) in [5, 5.41) is 15.6. The average molecular weight is 926 g/mol. The van der Waals surface area contributed by atoms with Gasteiger partial charge in [-0.2, -0.15) is 21.6 Å². The fourth-order valence-electron chi connectivity index (χ4n) is 7.69. The zero-order valence-electron chi connectivity index (χ0n) is 34.4. The Balaban J connectivity index is 0.000000153. The second-order valence-electron chi connectivity index (χ2n) is 15.0. The van der Waals surface area contributed by atoms with Gasteiger partial charge < -0.3 is 19.9 Å². The topological polar surface area (TPSA) is 190 Å². The fourth-order valence-corrected chi connectivity index (χ4v) is 8.13. The maximum absolute atomic E-state index is 11.9. The van der Waals surface area contributed by atoms with E-state index in [9.17, 15) is 31.2 Å². The number of likely N-dealkylation sites (N-methyl/N-ethyl adjacent to an activating group) is 1. The van der Waals surface area contributed by atoms with Gasteiger partial charge in [0.25, 0.3) is 5.91 Å². The summed E-state index contributed by atoms with van der Waals surface area (Å²) in [6.07, 6.45) is 10.2. The number of nitrogens with one attached hydrogen (secondary N) is 4. The first-order chi connectivity index (χ1) is 30.0. The largest absolute Gasteiger partial charge is 0.523 e. The van der Waals surface area contributed by atoms with Gasteiger partial charge in [0, 0.05) is 69.5 Å². The summed E-state index contributed by atoms with van der Waals surface area (Å²) in [6.45, 7) is 0. The molecule has 3 aromatic heterocycles. The van der Waals surface area contributed by atoms with Crippen molar-refractivity contribution in [2.24, 2.45) is 12.9 Å². The molecule has 0 saturated heterocycles. The summed E-state index contributed by atoms with van der Waals surface area (Å²) in [5.74, 6) is 6.81. The third-order valence-corrected chi connectivity index (χ3v) is 12.9. The molecule has 63 heavy (non-hydrogen) atoms. The molecule has 19 heteroatoms. The minimum atomic E-state index is -5.34. The number of alkyl halides is 3. The Bertz CT molecular complexity index is 2800. The maximum atomic E-state index is 11.9. The predicted octanol–water partition coefficient (Wildman–Crippen LogP) is 8.85. The van der Waals surface area contributed by atoms with E-state index in [1.807, 2.05) is 60.9 Å². The fraction of sp³-hybridized carbons (Fsp3) is 0.273. The summed E-state index contributed by atoms with van der Waals surface area (Å²) in [5.41, 5.74) is 2.59. The van der Waals surface area contributed by atoms with E-state index >= 15 is 0 Å². The highest BCUT2D eigenvalue weighted by Gasteiger charge is 2.47. The van der Waals surface area contributed by atoms with Crippen LogP contribution < -0.4 is 16.6 Å². The first-order valence-electron chi connectivity index (χ1n) is 19.7. The highest BCUT2D eigenvalue weighted by molar-refractivity contribution is 7.87. The normalized spacial score (nSPS) is 14.9. The number of aromatic nitrogens is 5. The standard InChI is InChI=1S/C21H19ClN4.C12H14ClNO.C9H9N3O.C2H3F3O3S/c1-26-19(15-3-8-18-14(13-15)9-12-23-18)24-25-20(26)21(10-2-11-21)16-4-6-17(22)7-5-16;1-14-11(15)12(7-2-8-12)9-3-5-10(13)6-4-9;10-12-9(13)7-1-2-8-6(5-7)3-4-11-8;1-8-9(6,7)2(3,4)5/h3-9,12-13,23H,2,10-11H2,1H3;3-6H,2,7-8H2,1H3,(H,14,15);1-5,11H,10H2,(H,12,13);1H3. The number of nitrogens with two attached hydrogens (primary N) is 1. The molecule has 332 valence electrons. The van der Waals surface area contributed by atoms with E-state index in [-0.39, 0.29) is 22.6 Å². The molecule has 0 aliphatic heterocycles. The molecule has 3 heterocycles. The summed E-state index contributed by atoms with van der Waals surface area (Å²) in [7, 11) is -1.12. The van der Waals surface area contributed by atoms with E-state index in [1.54, 1.807) is 19.2 Å². The van der Waals surface area contributed by atoms with Crippen molar-refractivity contribution in [3.05, 3.63) is 142 Å². The van der Waals surface area contributed by atoms with Crippen LogP contribution in [0.4, 0.5) is 13.2 Å². The van der Waals surface area contributed by atoms with Gasteiger partial charge in [0.05, 0.1) is 17.9 Å². The molecular formula is C44H45Cl2F3N8O5S. The Morgan fingerprint density at radius 3 is 1.79 bits per heavy atom. The Labute approximate surface area is 371 Å².